The van der Waals surface area contributed by atoms with E-state index in [2.05, 4.69) is 57.1 Å². The highest BCUT2D eigenvalue weighted by Gasteiger charge is 2.15. The van der Waals surface area contributed by atoms with Crippen LogP contribution in [-0.2, 0) is 21.5 Å². The van der Waals surface area contributed by atoms with E-state index in [0.29, 0.717) is 12.1 Å². The van der Waals surface area contributed by atoms with Crippen LogP contribution in [-0.4, -0.2) is 28.1 Å². The summed E-state index contributed by atoms with van der Waals surface area (Å²) in [7, 11) is 0. The van der Waals surface area contributed by atoms with Crippen molar-refractivity contribution in [1.82, 2.24) is 9.78 Å². The minimum absolute atomic E-state index is 0.0169. The molecular formula is C28H32N2O3. The summed E-state index contributed by atoms with van der Waals surface area (Å²) < 4.78 is 7.09. The molecule has 0 saturated carbocycles. The quantitative estimate of drug-likeness (QED) is 0.271. The number of benzene rings is 2. The summed E-state index contributed by atoms with van der Waals surface area (Å²) in [5.41, 5.74) is 6.75. The number of ketones is 1. The van der Waals surface area contributed by atoms with Crippen molar-refractivity contribution in [3.63, 3.8) is 0 Å². The van der Waals surface area contributed by atoms with Gasteiger partial charge < -0.3 is 4.74 Å². The normalized spacial score (nSPS) is 11.7. The van der Waals surface area contributed by atoms with Crippen molar-refractivity contribution in [2.75, 3.05) is 6.61 Å². The standard InChI is InChI=1S/C28H32N2O3/c1-19-7-9-22(10-8-19)17-30-21(3)25(20(2)29-30)15-16-27(32)33-18-26(31)23-11-13-24(14-12-23)28(4,5)6/h7-16H,17-18H2,1-6H3. The molecule has 0 atom stereocenters. The lowest BCUT2D eigenvalue weighted by Gasteiger charge is -2.18. The molecule has 0 fully saturated rings. The summed E-state index contributed by atoms with van der Waals surface area (Å²) in [4.78, 5) is 24.6. The Morgan fingerprint density at radius 1 is 0.970 bits per heavy atom. The minimum Gasteiger partial charge on any atom is -0.454 e. The van der Waals surface area contributed by atoms with Crippen LogP contribution >= 0.6 is 0 Å². The Morgan fingerprint density at radius 3 is 2.21 bits per heavy atom. The molecular weight excluding hydrogens is 412 g/mol. The monoisotopic (exact) mass is 444 g/mol. The molecule has 0 radical (unpaired) electrons. The predicted molar refractivity (Wildman–Crippen MR) is 131 cm³/mol. The highest BCUT2D eigenvalue weighted by Crippen LogP contribution is 2.22. The number of carbonyl (C=O) groups is 2. The molecule has 172 valence electrons. The second-order valence-electron chi connectivity index (χ2n) is 9.42. The topological polar surface area (TPSA) is 61.2 Å². The number of rotatable bonds is 7. The van der Waals surface area contributed by atoms with Crippen molar-refractivity contribution in [1.29, 1.82) is 0 Å². The average Bonchev–Trinajstić information content (AvgIpc) is 3.04. The van der Waals surface area contributed by atoms with Gasteiger partial charge in [-0.05, 0) is 43.4 Å². The Labute approximate surface area is 196 Å². The maximum Gasteiger partial charge on any atom is 0.331 e. The van der Waals surface area contributed by atoms with Crippen LogP contribution in [0.5, 0.6) is 0 Å². The van der Waals surface area contributed by atoms with E-state index in [1.807, 2.05) is 30.7 Å². The number of aromatic nitrogens is 2. The fourth-order valence-corrected chi connectivity index (χ4v) is 3.55. The van der Waals surface area contributed by atoms with Gasteiger partial charge in [-0.15, -0.1) is 0 Å². The molecule has 0 unspecified atom stereocenters. The summed E-state index contributed by atoms with van der Waals surface area (Å²) in [6.07, 6.45) is 3.05. The van der Waals surface area contributed by atoms with Gasteiger partial charge in [0.15, 0.2) is 12.4 Å². The molecule has 0 N–H and O–H groups in total. The number of Topliss-reactive ketones (excluding diaryl/α,β-unsaturated/α-hetero) is 1. The Kier molecular flexibility index (Phi) is 7.32. The van der Waals surface area contributed by atoms with E-state index in [4.69, 9.17) is 4.74 Å². The highest BCUT2D eigenvalue weighted by molar-refractivity contribution is 5.99. The van der Waals surface area contributed by atoms with E-state index in [9.17, 15) is 9.59 Å². The zero-order chi connectivity index (χ0) is 24.2. The number of carbonyl (C=O) groups excluding carboxylic acids is 2. The molecule has 5 heteroatoms. The molecule has 0 spiro atoms. The molecule has 1 heterocycles. The molecule has 33 heavy (non-hydrogen) atoms. The lowest BCUT2D eigenvalue weighted by atomic mass is 9.86. The number of ether oxygens (including phenoxy) is 1. The molecule has 0 saturated heterocycles. The Hall–Kier alpha value is -3.47. The van der Waals surface area contributed by atoms with Gasteiger partial charge in [0.1, 0.15) is 0 Å². The fourth-order valence-electron chi connectivity index (χ4n) is 3.55. The number of nitrogens with zero attached hydrogens (tertiary/aromatic N) is 2. The number of esters is 1. The molecule has 0 amide bonds. The zero-order valence-corrected chi connectivity index (χ0v) is 20.3. The molecule has 5 nitrogen and oxygen atoms in total. The van der Waals surface area contributed by atoms with Gasteiger partial charge in [0.25, 0.3) is 0 Å². The Bertz CT molecular complexity index is 1160. The predicted octanol–water partition coefficient (Wildman–Crippen LogP) is 5.59. The summed E-state index contributed by atoms with van der Waals surface area (Å²) in [6, 6.07) is 15.8. The van der Waals surface area contributed by atoms with Crippen LogP contribution in [0, 0.1) is 20.8 Å². The first-order valence-corrected chi connectivity index (χ1v) is 11.1. The van der Waals surface area contributed by atoms with E-state index >= 15 is 0 Å². The minimum atomic E-state index is -0.556. The van der Waals surface area contributed by atoms with Crippen molar-refractivity contribution >= 4 is 17.8 Å². The van der Waals surface area contributed by atoms with Crippen LogP contribution < -0.4 is 0 Å². The van der Waals surface area contributed by atoms with E-state index < -0.39 is 5.97 Å². The summed E-state index contributed by atoms with van der Waals surface area (Å²) >= 11 is 0. The van der Waals surface area contributed by atoms with Crippen molar-refractivity contribution in [2.45, 2.75) is 53.5 Å². The van der Waals surface area contributed by atoms with Gasteiger partial charge in [-0.2, -0.15) is 5.10 Å². The van der Waals surface area contributed by atoms with Gasteiger partial charge in [0, 0.05) is 22.9 Å². The highest BCUT2D eigenvalue weighted by atomic mass is 16.5. The Morgan fingerprint density at radius 2 is 1.61 bits per heavy atom. The van der Waals surface area contributed by atoms with Crippen molar-refractivity contribution in [2.24, 2.45) is 0 Å². The molecule has 2 aromatic carbocycles. The number of hydrogen-bond donors (Lipinski definition) is 0. The maximum atomic E-state index is 12.4. The van der Waals surface area contributed by atoms with E-state index in [0.717, 1.165) is 28.1 Å². The van der Waals surface area contributed by atoms with Crippen LogP contribution in [0.1, 0.15) is 64.8 Å². The second kappa shape index (κ2) is 9.99. The first-order valence-electron chi connectivity index (χ1n) is 11.1. The lowest BCUT2D eigenvalue weighted by molar-refractivity contribution is -0.136. The Balaban J connectivity index is 1.59. The summed E-state index contributed by atoms with van der Waals surface area (Å²) in [5.74, 6) is -0.782. The van der Waals surface area contributed by atoms with Gasteiger partial charge in [-0.3, -0.25) is 9.48 Å². The van der Waals surface area contributed by atoms with Crippen LogP contribution in [0.3, 0.4) is 0 Å². The molecule has 0 aliphatic heterocycles. The van der Waals surface area contributed by atoms with Crippen LogP contribution in [0.2, 0.25) is 0 Å². The van der Waals surface area contributed by atoms with Crippen molar-refractivity contribution < 1.29 is 14.3 Å². The molecule has 1 aromatic heterocycles. The third-order valence-corrected chi connectivity index (χ3v) is 5.69. The number of aryl methyl sites for hydroxylation is 2. The zero-order valence-electron chi connectivity index (χ0n) is 20.3. The van der Waals surface area contributed by atoms with Crippen molar-refractivity contribution in [3.8, 4) is 0 Å². The van der Waals surface area contributed by atoms with Gasteiger partial charge in [0.05, 0.1) is 12.2 Å². The smallest absolute Gasteiger partial charge is 0.331 e. The SMILES string of the molecule is Cc1ccc(Cn2nc(C)c(C=CC(=O)OCC(=O)c3ccc(C(C)(C)C)cc3)c2C)cc1. The maximum absolute atomic E-state index is 12.4. The van der Waals surface area contributed by atoms with Crippen LogP contribution in [0.25, 0.3) is 6.08 Å². The summed E-state index contributed by atoms with van der Waals surface area (Å²) in [5, 5.41) is 4.60. The lowest BCUT2D eigenvalue weighted by Crippen LogP contribution is -2.14. The molecule has 0 aliphatic carbocycles. The van der Waals surface area contributed by atoms with Gasteiger partial charge >= 0.3 is 5.97 Å². The number of hydrogen-bond acceptors (Lipinski definition) is 4. The first-order chi connectivity index (χ1) is 15.5. The molecule has 3 aromatic rings. The largest absolute Gasteiger partial charge is 0.454 e. The molecule has 0 bridgehead atoms. The van der Waals surface area contributed by atoms with Crippen LogP contribution in [0.15, 0.2) is 54.6 Å². The molecule has 3 rings (SSSR count). The average molecular weight is 445 g/mol. The van der Waals surface area contributed by atoms with E-state index in [-0.39, 0.29) is 17.8 Å². The third kappa shape index (κ3) is 6.28. The van der Waals surface area contributed by atoms with Gasteiger partial charge in [-0.1, -0.05) is 74.9 Å². The van der Waals surface area contributed by atoms with E-state index in [1.165, 1.54) is 11.6 Å². The summed E-state index contributed by atoms with van der Waals surface area (Å²) in [6.45, 7) is 12.7. The molecule has 0 aliphatic rings. The first kappa shape index (κ1) is 24.2. The van der Waals surface area contributed by atoms with Crippen molar-refractivity contribution in [3.05, 3.63) is 93.8 Å². The third-order valence-electron chi connectivity index (χ3n) is 5.69. The van der Waals surface area contributed by atoms with Gasteiger partial charge in [-0.25, -0.2) is 4.79 Å². The van der Waals surface area contributed by atoms with Gasteiger partial charge in [0.2, 0.25) is 0 Å². The second-order valence-corrected chi connectivity index (χ2v) is 9.42. The fraction of sp³-hybridized carbons (Fsp3) is 0.321. The van der Waals surface area contributed by atoms with Crippen LogP contribution in [0.4, 0.5) is 0 Å². The van der Waals surface area contributed by atoms with E-state index in [1.54, 1.807) is 18.2 Å².